The van der Waals surface area contributed by atoms with Gasteiger partial charge in [0.15, 0.2) is 11.9 Å². The molecule has 4 atom stereocenters. The van der Waals surface area contributed by atoms with Crippen molar-refractivity contribution < 1.29 is 28.4 Å². The van der Waals surface area contributed by atoms with Crippen LogP contribution in [-0.2, 0) is 48.2 Å². The Kier molecular flexibility index (Phi) is 10.0. The number of benzene rings is 3. The lowest BCUT2D eigenvalue weighted by atomic mass is 9.99. The van der Waals surface area contributed by atoms with Crippen LogP contribution in [-0.4, -0.2) is 43.4 Å². The molecule has 3 aromatic rings. The quantitative estimate of drug-likeness (QED) is 0.257. The van der Waals surface area contributed by atoms with Gasteiger partial charge < -0.3 is 28.4 Å². The van der Waals surface area contributed by atoms with Gasteiger partial charge in [-0.3, -0.25) is 0 Å². The van der Waals surface area contributed by atoms with Gasteiger partial charge >= 0.3 is 0 Å². The molecule has 0 radical (unpaired) electrons. The Morgan fingerprint density at radius 1 is 0.775 bits per heavy atom. The summed E-state index contributed by atoms with van der Waals surface area (Å²) in [5, 5.41) is 0. The van der Waals surface area contributed by atoms with Crippen molar-refractivity contribution in [1.82, 2.24) is 0 Å². The minimum absolute atomic E-state index is 0.00498. The Morgan fingerprint density at radius 2 is 1.35 bits per heavy atom. The Balaban J connectivity index is 1.32. The van der Waals surface area contributed by atoms with Crippen LogP contribution in [0, 0.1) is 0 Å². The lowest BCUT2D eigenvalue weighted by Gasteiger charge is -2.39. The molecule has 3 aromatic carbocycles. The van der Waals surface area contributed by atoms with Gasteiger partial charge in [0.1, 0.15) is 6.10 Å². The second kappa shape index (κ2) is 14.1. The maximum absolute atomic E-state index is 6.55. The molecule has 0 spiro atoms. The normalized spacial score (nSPS) is 25.1. The molecule has 0 aliphatic carbocycles. The molecule has 2 saturated heterocycles. The van der Waals surface area contributed by atoms with Gasteiger partial charge in [-0.05, 0) is 43.0 Å². The van der Waals surface area contributed by atoms with Crippen molar-refractivity contribution in [1.29, 1.82) is 0 Å². The van der Waals surface area contributed by atoms with Gasteiger partial charge in [-0.25, -0.2) is 0 Å². The highest BCUT2D eigenvalue weighted by Gasteiger charge is 2.39. The molecule has 40 heavy (non-hydrogen) atoms. The standard InChI is InChI=1S/C34H40O6/c1-34(2)38-24-30(40-34)19-18-29-20-31(36-22-27-14-8-4-9-15-27)33(37-23-28-16-10-5-11-17-28)32(39-29)25-35-21-26-12-6-3-7-13-26/h3-18,30-33H,19-25H2,1-2H3/b29-18+/t30-,31+,32+,33-/m0/s1. The average molecular weight is 545 g/mol. The Morgan fingerprint density at radius 3 is 1.93 bits per heavy atom. The third-order valence-corrected chi connectivity index (χ3v) is 7.10. The highest BCUT2D eigenvalue weighted by Crippen LogP contribution is 2.31. The molecule has 2 fully saturated rings. The summed E-state index contributed by atoms with van der Waals surface area (Å²) in [4.78, 5) is 0. The molecule has 2 aliphatic rings. The summed E-state index contributed by atoms with van der Waals surface area (Å²) < 4.78 is 37.6. The largest absolute Gasteiger partial charge is 0.490 e. The maximum Gasteiger partial charge on any atom is 0.163 e. The van der Waals surface area contributed by atoms with Crippen LogP contribution in [0.2, 0.25) is 0 Å². The molecular weight excluding hydrogens is 504 g/mol. The van der Waals surface area contributed by atoms with E-state index < -0.39 is 5.79 Å². The average Bonchev–Trinajstić information content (AvgIpc) is 3.34. The fourth-order valence-electron chi connectivity index (χ4n) is 5.05. The van der Waals surface area contributed by atoms with Crippen LogP contribution in [0.15, 0.2) is 103 Å². The first kappa shape index (κ1) is 28.5. The zero-order chi connectivity index (χ0) is 27.6. The topological polar surface area (TPSA) is 55.4 Å². The predicted octanol–water partition coefficient (Wildman–Crippen LogP) is 6.59. The molecular formula is C34H40O6. The Labute approximate surface area is 237 Å². The van der Waals surface area contributed by atoms with E-state index in [0.29, 0.717) is 45.9 Å². The fourth-order valence-corrected chi connectivity index (χ4v) is 5.05. The first-order valence-corrected chi connectivity index (χ1v) is 14.1. The zero-order valence-electron chi connectivity index (χ0n) is 23.4. The third kappa shape index (κ3) is 8.50. The smallest absolute Gasteiger partial charge is 0.163 e. The van der Waals surface area contributed by atoms with Gasteiger partial charge in [-0.15, -0.1) is 0 Å². The van der Waals surface area contributed by atoms with Gasteiger partial charge in [0.05, 0.1) is 51.0 Å². The van der Waals surface area contributed by atoms with Gasteiger partial charge in [-0.2, -0.15) is 0 Å². The second-order valence-electron chi connectivity index (χ2n) is 10.8. The van der Waals surface area contributed by atoms with Crippen molar-refractivity contribution in [2.24, 2.45) is 0 Å². The summed E-state index contributed by atoms with van der Waals surface area (Å²) >= 11 is 0. The van der Waals surface area contributed by atoms with Crippen molar-refractivity contribution in [3.8, 4) is 0 Å². The van der Waals surface area contributed by atoms with Gasteiger partial charge in [0, 0.05) is 6.42 Å². The number of rotatable bonds is 12. The number of hydrogen-bond donors (Lipinski definition) is 0. The molecule has 0 saturated carbocycles. The van der Waals surface area contributed by atoms with E-state index in [9.17, 15) is 0 Å². The van der Waals surface area contributed by atoms with E-state index >= 15 is 0 Å². The molecule has 0 N–H and O–H groups in total. The first-order valence-electron chi connectivity index (χ1n) is 14.1. The summed E-state index contributed by atoms with van der Waals surface area (Å²) in [7, 11) is 0. The van der Waals surface area contributed by atoms with Gasteiger partial charge in [0.25, 0.3) is 0 Å². The van der Waals surface area contributed by atoms with Crippen molar-refractivity contribution in [3.05, 3.63) is 120 Å². The Bertz CT molecular complexity index is 1180. The predicted molar refractivity (Wildman–Crippen MR) is 153 cm³/mol. The van der Waals surface area contributed by atoms with Crippen molar-refractivity contribution in [2.75, 3.05) is 13.2 Å². The van der Waals surface area contributed by atoms with Crippen LogP contribution in [0.1, 0.15) is 43.4 Å². The van der Waals surface area contributed by atoms with Crippen LogP contribution in [0.4, 0.5) is 0 Å². The molecule has 0 aromatic heterocycles. The van der Waals surface area contributed by atoms with Crippen molar-refractivity contribution >= 4 is 0 Å². The highest BCUT2D eigenvalue weighted by molar-refractivity contribution is 5.16. The van der Waals surface area contributed by atoms with E-state index in [1.54, 1.807) is 0 Å². The van der Waals surface area contributed by atoms with E-state index in [1.807, 2.05) is 68.4 Å². The maximum atomic E-state index is 6.55. The second-order valence-corrected chi connectivity index (χ2v) is 10.8. The van der Waals surface area contributed by atoms with E-state index in [1.165, 1.54) is 0 Å². The van der Waals surface area contributed by atoms with Gasteiger partial charge in [0.2, 0.25) is 0 Å². The third-order valence-electron chi connectivity index (χ3n) is 7.10. The van der Waals surface area contributed by atoms with Crippen LogP contribution >= 0.6 is 0 Å². The molecule has 0 unspecified atom stereocenters. The summed E-state index contributed by atoms with van der Waals surface area (Å²) in [5.41, 5.74) is 3.35. The molecule has 6 nitrogen and oxygen atoms in total. The summed E-state index contributed by atoms with van der Waals surface area (Å²) in [6.45, 7) is 6.30. The molecule has 212 valence electrons. The molecule has 6 heteroatoms. The number of hydrogen-bond acceptors (Lipinski definition) is 6. The van der Waals surface area contributed by atoms with Crippen LogP contribution in [0.25, 0.3) is 0 Å². The highest BCUT2D eigenvalue weighted by atomic mass is 16.7. The van der Waals surface area contributed by atoms with E-state index in [-0.39, 0.29) is 24.4 Å². The molecule has 0 amide bonds. The molecule has 0 bridgehead atoms. The van der Waals surface area contributed by atoms with Crippen LogP contribution in [0.5, 0.6) is 0 Å². The summed E-state index contributed by atoms with van der Waals surface area (Å²) in [6, 6.07) is 30.6. The zero-order valence-corrected chi connectivity index (χ0v) is 23.4. The molecule has 2 heterocycles. The monoisotopic (exact) mass is 544 g/mol. The minimum atomic E-state index is -0.553. The number of ether oxygens (including phenoxy) is 6. The van der Waals surface area contributed by atoms with E-state index in [2.05, 4.69) is 42.5 Å². The minimum Gasteiger partial charge on any atom is -0.490 e. The van der Waals surface area contributed by atoms with E-state index in [4.69, 9.17) is 28.4 Å². The lowest BCUT2D eigenvalue weighted by Crippen LogP contribution is -2.48. The SMILES string of the molecule is CC1(C)OC[C@H](C/C=C2\C[C@@H](OCc3ccccc3)[C@H](OCc3ccccc3)[C@@H](COCc3ccccc3)O2)O1. The first-order chi connectivity index (χ1) is 19.5. The van der Waals surface area contributed by atoms with Crippen LogP contribution < -0.4 is 0 Å². The van der Waals surface area contributed by atoms with Crippen molar-refractivity contribution in [2.45, 2.75) is 76.7 Å². The molecule has 2 aliphatic heterocycles. The Hall–Kier alpha value is -3.00. The van der Waals surface area contributed by atoms with Gasteiger partial charge in [-0.1, -0.05) is 91.0 Å². The summed E-state index contributed by atoms with van der Waals surface area (Å²) in [6.07, 6.45) is 2.59. The summed E-state index contributed by atoms with van der Waals surface area (Å²) in [5.74, 6) is 0.321. The fraction of sp³-hybridized carbons (Fsp3) is 0.412. The van der Waals surface area contributed by atoms with Crippen LogP contribution in [0.3, 0.4) is 0 Å². The molecule has 5 rings (SSSR count). The van der Waals surface area contributed by atoms with E-state index in [0.717, 1.165) is 22.4 Å². The lowest BCUT2D eigenvalue weighted by molar-refractivity contribution is -0.178. The van der Waals surface area contributed by atoms with Crippen molar-refractivity contribution in [3.63, 3.8) is 0 Å².